The summed E-state index contributed by atoms with van der Waals surface area (Å²) in [5, 5.41) is 8.57. The van der Waals surface area contributed by atoms with Gasteiger partial charge in [0.2, 0.25) is 0 Å². The van der Waals surface area contributed by atoms with Crippen LogP contribution in [0.2, 0.25) is 0 Å². The van der Waals surface area contributed by atoms with Crippen LogP contribution in [0.25, 0.3) is 0 Å². The fraction of sp³-hybridized carbons (Fsp3) is 0.556. The number of aliphatic carboxylic acids is 1. The molecule has 0 bridgehead atoms. The summed E-state index contributed by atoms with van der Waals surface area (Å²) in [5.41, 5.74) is 4.61. The number of nitrogens with one attached hydrogen (secondary N) is 2. The van der Waals surface area contributed by atoms with E-state index in [2.05, 4.69) is 17.4 Å². The van der Waals surface area contributed by atoms with Crippen LogP contribution < -0.4 is 10.9 Å². The van der Waals surface area contributed by atoms with E-state index in [9.17, 15) is 9.59 Å². The van der Waals surface area contributed by atoms with Crippen molar-refractivity contribution >= 4 is 11.9 Å². The molecule has 0 saturated heterocycles. The average molecular weight is 200 g/mol. The highest BCUT2D eigenvalue weighted by molar-refractivity contribution is 5.86. The third-order valence-corrected chi connectivity index (χ3v) is 1.59. The van der Waals surface area contributed by atoms with E-state index in [-0.39, 0.29) is 12.3 Å². The highest BCUT2D eigenvalue weighted by Gasteiger charge is 2.21. The summed E-state index contributed by atoms with van der Waals surface area (Å²) < 4.78 is 0. The van der Waals surface area contributed by atoms with Crippen molar-refractivity contribution in [2.24, 2.45) is 5.41 Å². The Kier molecular flexibility index (Phi) is 4.86. The van der Waals surface area contributed by atoms with Crippen LogP contribution in [-0.4, -0.2) is 23.5 Å². The molecule has 0 aliphatic heterocycles. The molecule has 0 aliphatic carbocycles. The van der Waals surface area contributed by atoms with E-state index in [1.807, 2.05) is 0 Å². The second kappa shape index (κ2) is 5.39. The van der Waals surface area contributed by atoms with Gasteiger partial charge in [0.25, 0.3) is 5.91 Å². The molecule has 0 radical (unpaired) electrons. The van der Waals surface area contributed by atoms with Crippen LogP contribution in [0, 0.1) is 5.41 Å². The van der Waals surface area contributed by atoms with Crippen molar-refractivity contribution in [2.45, 2.75) is 20.3 Å². The molecule has 14 heavy (non-hydrogen) atoms. The van der Waals surface area contributed by atoms with Gasteiger partial charge in [-0.15, -0.1) is 0 Å². The number of hydrogen-bond acceptors (Lipinski definition) is 3. The molecule has 1 amide bonds. The summed E-state index contributed by atoms with van der Waals surface area (Å²) in [7, 11) is 0. The Hall–Kier alpha value is -1.36. The highest BCUT2D eigenvalue weighted by atomic mass is 16.4. The van der Waals surface area contributed by atoms with Gasteiger partial charge in [-0.3, -0.25) is 15.0 Å². The molecule has 0 aromatic rings. The van der Waals surface area contributed by atoms with E-state index >= 15 is 0 Å². The maximum Gasteiger partial charge on any atom is 0.303 e. The molecular formula is C9H16N2O3. The number of hydrogen-bond donors (Lipinski definition) is 3. The van der Waals surface area contributed by atoms with E-state index in [0.29, 0.717) is 6.54 Å². The standard InChI is InChI=1S/C9H16N2O3/c1-4-7(12)11-10-6-9(2,3)5-8(13)14/h4,10H,1,5-6H2,2-3H3,(H,11,12)(H,13,14). The number of carboxylic acid groups (broad SMARTS) is 1. The zero-order valence-electron chi connectivity index (χ0n) is 8.46. The zero-order chi connectivity index (χ0) is 11.2. The Bertz CT molecular complexity index is 236. The fourth-order valence-electron chi connectivity index (χ4n) is 0.894. The fourth-order valence-corrected chi connectivity index (χ4v) is 0.894. The number of carbonyl (C=O) groups excluding carboxylic acids is 1. The number of rotatable bonds is 6. The van der Waals surface area contributed by atoms with Gasteiger partial charge < -0.3 is 5.11 Å². The minimum atomic E-state index is -0.855. The molecule has 0 fully saturated rings. The van der Waals surface area contributed by atoms with Crippen molar-refractivity contribution in [1.82, 2.24) is 10.9 Å². The van der Waals surface area contributed by atoms with Gasteiger partial charge in [-0.05, 0) is 11.5 Å². The summed E-state index contributed by atoms with van der Waals surface area (Å²) in [4.78, 5) is 21.1. The monoisotopic (exact) mass is 200 g/mol. The van der Waals surface area contributed by atoms with E-state index in [1.54, 1.807) is 13.8 Å². The number of carboxylic acids is 1. The first-order chi connectivity index (χ1) is 6.37. The van der Waals surface area contributed by atoms with Gasteiger partial charge in [0, 0.05) is 6.54 Å². The second-order valence-corrected chi connectivity index (χ2v) is 3.78. The van der Waals surface area contributed by atoms with Crippen LogP contribution in [0.3, 0.4) is 0 Å². The van der Waals surface area contributed by atoms with Crippen molar-refractivity contribution in [1.29, 1.82) is 0 Å². The van der Waals surface area contributed by atoms with Crippen LogP contribution in [-0.2, 0) is 9.59 Å². The zero-order valence-corrected chi connectivity index (χ0v) is 8.46. The predicted molar refractivity (Wildman–Crippen MR) is 52.4 cm³/mol. The average Bonchev–Trinajstić information content (AvgIpc) is 2.01. The summed E-state index contributed by atoms with van der Waals surface area (Å²) >= 11 is 0. The summed E-state index contributed by atoms with van der Waals surface area (Å²) in [6.07, 6.45) is 1.18. The van der Waals surface area contributed by atoms with Crippen molar-refractivity contribution in [3.8, 4) is 0 Å². The third-order valence-electron chi connectivity index (χ3n) is 1.59. The van der Waals surface area contributed by atoms with Crippen LogP contribution in [0.4, 0.5) is 0 Å². The number of amides is 1. The molecule has 0 atom stereocenters. The molecule has 0 aromatic carbocycles. The normalized spacial score (nSPS) is 10.7. The lowest BCUT2D eigenvalue weighted by Crippen LogP contribution is -2.42. The molecule has 0 aliphatic rings. The maximum atomic E-state index is 10.7. The third kappa shape index (κ3) is 6.19. The van der Waals surface area contributed by atoms with Gasteiger partial charge in [-0.25, -0.2) is 5.43 Å². The van der Waals surface area contributed by atoms with Gasteiger partial charge in [0.1, 0.15) is 0 Å². The van der Waals surface area contributed by atoms with Gasteiger partial charge in [-0.2, -0.15) is 0 Å². The molecule has 0 aromatic heterocycles. The first-order valence-electron chi connectivity index (χ1n) is 4.24. The van der Waals surface area contributed by atoms with Crippen molar-refractivity contribution < 1.29 is 14.7 Å². The first kappa shape index (κ1) is 12.6. The van der Waals surface area contributed by atoms with Crippen LogP contribution in [0.1, 0.15) is 20.3 Å². The van der Waals surface area contributed by atoms with Gasteiger partial charge >= 0.3 is 5.97 Å². The molecule has 80 valence electrons. The summed E-state index contributed by atoms with van der Waals surface area (Å²) in [6.45, 7) is 7.27. The molecular weight excluding hydrogens is 184 g/mol. The number of hydrazine groups is 1. The molecule has 0 unspecified atom stereocenters. The molecule has 0 saturated carbocycles. The second-order valence-electron chi connectivity index (χ2n) is 3.78. The Morgan fingerprint density at radius 3 is 2.50 bits per heavy atom. The highest BCUT2D eigenvalue weighted by Crippen LogP contribution is 2.18. The smallest absolute Gasteiger partial charge is 0.303 e. The number of carbonyl (C=O) groups is 2. The van der Waals surface area contributed by atoms with Crippen molar-refractivity contribution in [3.05, 3.63) is 12.7 Å². The molecule has 0 rings (SSSR count). The van der Waals surface area contributed by atoms with Crippen LogP contribution >= 0.6 is 0 Å². The van der Waals surface area contributed by atoms with Gasteiger partial charge in [0.15, 0.2) is 0 Å². The lowest BCUT2D eigenvalue weighted by Gasteiger charge is -2.22. The minimum absolute atomic E-state index is 0.0456. The Morgan fingerprint density at radius 2 is 2.07 bits per heavy atom. The largest absolute Gasteiger partial charge is 0.481 e. The van der Waals surface area contributed by atoms with Crippen LogP contribution in [0.5, 0.6) is 0 Å². The quantitative estimate of drug-likeness (QED) is 0.425. The minimum Gasteiger partial charge on any atom is -0.481 e. The predicted octanol–water partition coefficient (Wildman–Crippen LogP) is 0.294. The van der Waals surface area contributed by atoms with E-state index in [1.165, 1.54) is 0 Å². The topological polar surface area (TPSA) is 78.4 Å². The molecule has 0 spiro atoms. The van der Waals surface area contributed by atoms with Crippen molar-refractivity contribution in [2.75, 3.05) is 6.54 Å². The van der Waals surface area contributed by atoms with Gasteiger partial charge in [0.05, 0.1) is 6.42 Å². The lowest BCUT2D eigenvalue weighted by atomic mass is 9.90. The molecule has 0 heterocycles. The maximum absolute atomic E-state index is 10.7. The molecule has 5 nitrogen and oxygen atoms in total. The van der Waals surface area contributed by atoms with Gasteiger partial charge in [-0.1, -0.05) is 20.4 Å². The summed E-state index contributed by atoms with van der Waals surface area (Å²) in [6, 6.07) is 0. The molecule has 3 N–H and O–H groups in total. The Balaban J connectivity index is 3.81. The van der Waals surface area contributed by atoms with E-state index < -0.39 is 11.4 Å². The SMILES string of the molecule is C=CC(=O)NNCC(C)(C)CC(=O)O. The lowest BCUT2D eigenvalue weighted by molar-refractivity contribution is -0.139. The van der Waals surface area contributed by atoms with E-state index in [0.717, 1.165) is 6.08 Å². The Morgan fingerprint density at radius 1 is 1.50 bits per heavy atom. The molecule has 5 heteroatoms. The van der Waals surface area contributed by atoms with Crippen molar-refractivity contribution in [3.63, 3.8) is 0 Å². The van der Waals surface area contributed by atoms with E-state index in [4.69, 9.17) is 5.11 Å². The summed E-state index contributed by atoms with van der Waals surface area (Å²) in [5.74, 6) is -1.19. The van der Waals surface area contributed by atoms with Crippen LogP contribution in [0.15, 0.2) is 12.7 Å². The Labute approximate surface area is 83.2 Å². The first-order valence-corrected chi connectivity index (χ1v) is 4.24.